The zero-order valence-corrected chi connectivity index (χ0v) is 10.1. The van der Waals surface area contributed by atoms with Crippen LogP contribution in [0.1, 0.15) is 5.56 Å². The lowest BCUT2D eigenvalue weighted by Gasteiger charge is -2.09. The van der Waals surface area contributed by atoms with Crippen LogP contribution in [0.15, 0.2) is 12.1 Å². The number of hydrogen-bond donors (Lipinski definition) is 1. The highest BCUT2D eigenvalue weighted by atomic mass is 79.9. The molecule has 1 rings (SSSR count). The zero-order valence-electron chi connectivity index (χ0n) is 7.73. The predicted molar refractivity (Wildman–Crippen MR) is 60.7 cm³/mol. The van der Waals surface area contributed by atoms with Crippen LogP contribution in [0.4, 0.5) is 10.5 Å². The summed E-state index contributed by atoms with van der Waals surface area (Å²) in [4.78, 5) is 10.5. The Morgan fingerprint density at radius 1 is 1.57 bits per heavy atom. The summed E-state index contributed by atoms with van der Waals surface area (Å²) in [5.74, 6) is 0.594. The Balaban J connectivity index is 3.08. The minimum atomic E-state index is -0.304. The Morgan fingerprint density at radius 2 is 2.21 bits per heavy atom. The predicted octanol–water partition coefficient (Wildman–Crippen LogP) is 3.58. The molecule has 14 heavy (non-hydrogen) atoms. The van der Waals surface area contributed by atoms with Gasteiger partial charge in [-0.25, -0.2) is 0 Å². The largest absolute Gasteiger partial charge is 0.495 e. The molecule has 0 aliphatic carbocycles. The highest BCUT2D eigenvalue weighted by Crippen LogP contribution is 2.30. The van der Waals surface area contributed by atoms with Gasteiger partial charge in [0.2, 0.25) is 0 Å². The van der Waals surface area contributed by atoms with Crippen molar-refractivity contribution in [3.05, 3.63) is 22.7 Å². The molecule has 0 spiro atoms. The molecule has 76 valence electrons. The van der Waals surface area contributed by atoms with Crippen molar-refractivity contribution < 1.29 is 9.53 Å². The van der Waals surface area contributed by atoms with Crippen LogP contribution in [0.5, 0.6) is 5.75 Å². The molecule has 3 nitrogen and oxygen atoms in total. The van der Waals surface area contributed by atoms with Crippen molar-refractivity contribution in [3.8, 4) is 5.75 Å². The Bertz CT molecular complexity index is 368. The van der Waals surface area contributed by atoms with E-state index in [1.54, 1.807) is 19.2 Å². The number of nitrogens with one attached hydrogen (secondary N) is 1. The molecule has 0 saturated heterocycles. The second kappa shape index (κ2) is 4.66. The molecule has 1 N–H and O–H groups in total. The van der Waals surface area contributed by atoms with Crippen LogP contribution < -0.4 is 10.1 Å². The van der Waals surface area contributed by atoms with Crippen LogP contribution in [-0.4, -0.2) is 11.9 Å². The van der Waals surface area contributed by atoms with E-state index >= 15 is 0 Å². The quantitative estimate of drug-likeness (QED) is 0.663. The minimum Gasteiger partial charge on any atom is -0.495 e. The first kappa shape index (κ1) is 11.3. The fraction of sp³-hybridized carbons (Fsp3) is 0.222. The molecule has 0 fully saturated rings. The summed E-state index contributed by atoms with van der Waals surface area (Å²) in [6.45, 7) is 1.86. The molecular formula is C9H9BrClNO2. The fourth-order valence-electron chi connectivity index (χ4n) is 1.05. The van der Waals surface area contributed by atoms with E-state index in [0.29, 0.717) is 16.5 Å². The third-order valence-corrected chi connectivity index (χ3v) is 2.23. The average Bonchev–Trinajstić information content (AvgIpc) is 2.10. The lowest BCUT2D eigenvalue weighted by atomic mass is 10.2. The Kier molecular flexibility index (Phi) is 3.77. The summed E-state index contributed by atoms with van der Waals surface area (Å²) in [5.41, 5.74) is 1.55. The summed E-state index contributed by atoms with van der Waals surface area (Å²) < 4.78 is 5.03. The van der Waals surface area contributed by atoms with Crippen LogP contribution >= 0.6 is 27.5 Å². The normalized spacial score (nSPS) is 9.71. The average molecular weight is 279 g/mol. The molecule has 0 atom stereocenters. The highest BCUT2D eigenvalue weighted by molar-refractivity contribution is 9.18. The van der Waals surface area contributed by atoms with Gasteiger partial charge in [-0.3, -0.25) is 4.79 Å². The first-order chi connectivity index (χ1) is 6.54. The van der Waals surface area contributed by atoms with E-state index < -0.39 is 0 Å². The minimum absolute atomic E-state index is 0.304. The number of benzene rings is 1. The van der Waals surface area contributed by atoms with Crippen molar-refractivity contribution in [2.45, 2.75) is 6.92 Å². The van der Waals surface area contributed by atoms with E-state index in [9.17, 15) is 4.79 Å². The summed E-state index contributed by atoms with van der Waals surface area (Å²) in [5, 5.41) is 3.07. The standard InChI is InChI=1S/C9H9BrClNO2/c1-5-3-8(14-2)6(11)4-7(5)12-9(10)13/h3-4H,1-2H3,(H,12,13). The molecule has 0 heterocycles. The SMILES string of the molecule is COc1cc(C)c(NC(=O)Br)cc1Cl. The molecule has 1 aromatic carbocycles. The number of amides is 1. The summed E-state index contributed by atoms with van der Waals surface area (Å²) in [6.07, 6.45) is 0. The van der Waals surface area contributed by atoms with Crippen LogP contribution in [0.25, 0.3) is 0 Å². The number of anilines is 1. The third kappa shape index (κ3) is 2.62. The first-order valence-corrected chi connectivity index (χ1v) is 5.02. The van der Waals surface area contributed by atoms with Crippen LogP contribution in [0, 0.1) is 6.92 Å². The monoisotopic (exact) mass is 277 g/mol. The molecular weight excluding hydrogens is 269 g/mol. The number of aryl methyl sites for hydroxylation is 1. The Hall–Kier alpha value is -0.740. The number of carbonyl (C=O) groups is 1. The van der Waals surface area contributed by atoms with E-state index in [2.05, 4.69) is 21.2 Å². The number of rotatable bonds is 2. The highest BCUT2D eigenvalue weighted by Gasteiger charge is 2.07. The van der Waals surface area contributed by atoms with Gasteiger partial charge in [0, 0.05) is 21.6 Å². The molecule has 1 aromatic rings. The molecule has 0 bridgehead atoms. The van der Waals surface area contributed by atoms with E-state index in [1.165, 1.54) is 0 Å². The van der Waals surface area contributed by atoms with E-state index in [0.717, 1.165) is 5.56 Å². The molecule has 0 unspecified atom stereocenters. The number of carbonyl (C=O) groups excluding carboxylic acids is 1. The smallest absolute Gasteiger partial charge is 0.291 e. The van der Waals surface area contributed by atoms with E-state index in [4.69, 9.17) is 16.3 Å². The number of halogens is 2. The number of ether oxygens (including phenoxy) is 1. The topological polar surface area (TPSA) is 38.3 Å². The van der Waals surface area contributed by atoms with Crippen LogP contribution in [0.3, 0.4) is 0 Å². The summed E-state index contributed by atoms with van der Waals surface area (Å²) in [6, 6.07) is 3.41. The first-order valence-electron chi connectivity index (χ1n) is 3.85. The third-order valence-electron chi connectivity index (χ3n) is 1.73. The number of hydrogen-bond acceptors (Lipinski definition) is 2. The van der Waals surface area contributed by atoms with Crippen molar-refractivity contribution in [1.82, 2.24) is 0 Å². The maximum absolute atomic E-state index is 10.8. The fourth-order valence-corrected chi connectivity index (χ4v) is 1.51. The molecule has 0 radical (unpaired) electrons. The van der Waals surface area contributed by atoms with Gasteiger partial charge in [-0.05, 0) is 24.6 Å². The molecule has 5 heteroatoms. The van der Waals surface area contributed by atoms with Gasteiger partial charge < -0.3 is 10.1 Å². The van der Waals surface area contributed by atoms with Gasteiger partial charge in [-0.1, -0.05) is 11.6 Å². The van der Waals surface area contributed by atoms with E-state index in [1.807, 2.05) is 6.92 Å². The van der Waals surface area contributed by atoms with Gasteiger partial charge in [0.1, 0.15) is 5.75 Å². The molecule has 0 aliphatic rings. The van der Waals surface area contributed by atoms with Gasteiger partial charge >= 0.3 is 0 Å². The van der Waals surface area contributed by atoms with Gasteiger partial charge in [0.05, 0.1) is 12.1 Å². The molecule has 1 amide bonds. The maximum atomic E-state index is 10.8. The molecule has 0 aliphatic heterocycles. The molecule has 0 saturated carbocycles. The summed E-state index contributed by atoms with van der Waals surface area (Å²) in [7, 11) is 1.55. The molecule has 0 aromatic heterocycles. The Labute approximate surface area is 95.5 Å². The van der Waals surface area contributed by atoms with Crippen molar-refractivity contribution >= 4 is 38.0 Å². The zero-order chi connectivity index (χ0) is 10.7. The second-order valence-electron chi connectivity index (χ2n) is 2.70. The van der Waals surface area contributed by atoms with Crippen molar-refractivity contribution in [3.63, 3.8) is 0 Å². The van der Waals surface area contributed by atoms with Gasteiger partial charge in [-0.2, -0.15) is 0 Å². The number of methoxy groups -OCH3 is 1. The van der Waals surface area contributed by atoms with E-state index in [-0.39, 0.29) is 4.82 Å². The van der Waals surface area contributed by atoms with Crippen molar-refractivity contribution in [1.29, 1.82) is 0 Å². The van der Waals surface area contributed by atoms with Gasteiger partial charge in [0.15, 0.2) is 0 Å². The van der Waals surface area contributed by atoms with Crippen LogP contribution in [-0.2, 0) is 0 Å². The maximum Gasteiger partial charge on any atom is 0.291 e. The summed E-state index contributed by atoms with van der Waals surface area (Å²) >= 11 is 8.67. The lowest BCUT2D eigenvalue weighted by molar-refractivity contribution is 0.270. The van der Waals surface area contributed by atoms with Gasteiger partial charge in [0.25, 0.3) is 4.82 Å². The van der Waals surface area contributed by atoms with Crippen molar-refractivity contribution in [2.75, 3.05) is 12.4 Å². The van der Waals surface area contributed by atoms with Crippen molar-refractivity contribution in [2.24, 2.45) is 0 Å². The Morgan fingerprint density at radius 3 is 2.71 bits per heavy atom. The van der Waals surface area contributed by atoms with Gasteiger partial charge in [-0.15, -0.1) is 0 Å². The van der Waals surface area contributed by atoms with Crippen LogP contribution in [0.2, 0.25) is 5.02 Å². The second-order valence-corrected chi connectivity index (χ2v) is 3.83. The lowest BCUT2D eigenvalue weighted by Crippen LogP contribution is -2.02.